The number of thiazole rings is 1. The number of hydrogen-bond acceptors (Lipinski definition) is 10. The van der Waals surface area contributed by atoms with Crippen LogP contribution in [0.5, 0.6) is 0 Å². The largest absolute Gasteiger partial charge is 0.481 e. The Hall–Kier alpha value is -3.40. The summed E-state index contributed by atoms with van der Waals surface area (Å²) >= 11 is 1.28. The predicted molar refractivity (Wildman–Crippen MR) is 162 cm³/mol. The smallest absolute Gasteiger partial charge is 0.338 e. The Morgan fingerprint density at radius 3 is 2.76 bits per heavy atom. The molecule has 4 atom stereocenters. The second kappa shape index (κ2) is 13.4. The maximum Gasteiger partial charge on any atom is 0.338 e. The van der Waals surface area contributed by atoms with Crippen molar-refractivity contribution >= 4 is 29.1 Å². The van der Waals surface area contributed by atoms with E-state index in [2.05, 4.69) is 10.3 Å². The number of esters is 1. The number of carbonyl (C=O) groups is 2. The zero-order valence-electron chi connectivity index (χ0n) is 25.9. The number of carboxylic acids is 1. The lowest BCUT2D eigenvalue weighted by atomic mass is 9.87. The van der Waals surface area contributed by atoms with E-state index >= 15 is 8.78 Å². The Morgan fingerprint density at radius 1 is 1.33 bits per heavy atom. The van der Waals surface area contributed by atoms with Crippen LogP contribution in [0.3, 0.4) is 0 Å². The van der Waals surface area contributed by atoms with E-state index in [0.29, 0.717) is 16.4 Å². The van der Waals surface area contributed by atoms with E-state index in [1.54, 1.807) is 31.5 Å². The molecule has 15 heteroatoms. The minimum Gasteiger partial charge on any atom is -0.481 e. The molecule has 0 radical (unpaired) electrons. The summed E-state index contributed by atoms with van der Waals surface area (Å²) in [4.78, 5) is 41.0. The molecule has 2 N–H and O–H groups in total. The lowest BCUT2D eigenvalue weighted by Crippen LogP contribution is -2.47. The standard InChI is InChI=1S/C31H37F4N5O5S/c1-5-44-28(41)23-21(37-26(27-36-11-12-46-27)38-24(23)19-7-6-8-20(33)17(19)2)14-39-16-31(34,35)25-22(39)15-45-40(25)13-18(32)9-10-30(3,4)29(42)43/h6-8,11-12,18,22,24-25H,5,9-10,13-16H2,1-4H3,(H,37,38)(H,42,43)/t18-,22-,24+,25+/m1/s1. The molecule has 0 aliphatic carbocycles. The second-order valence-electron chi connectivity index (χ2n) is 12.3. The van der Waals surface area contributed by atoms with Gasteiger partial charge in [-0.2, -0.15) is 5.06 Å². The zero-order chi connectivity index (χ0) is 33.4. The zero-order valence-corrected chi connectivity index (χ0v) is 26.8. The number of aromatic nitrogens is 1. The molecule has 4 heterocycles. The maximum absolute atomic E-state index is 15.6. The van der Waals surface area contributed by atoms with Crippen molar-refractivity contribution in [1.82, 2.24) is 20.3 Å². The molecular formula is C31H37F4N5O5S. The van der Waals surface area contributed by atoms with E-state index in [4.69, 9.17) is 14.6 Å². The van der Waals surface area contributed by atoms with Gasteiger partial charge in [0.1, 0.15) is 24.1 Å². The molecule has 0 saturated carbocycles. The van der Waals surface area contributed by atoms with E-state index in [1.165, 1.54) is 42.2 Å². The second-order valence-corrected chi connectivity index (χ2v) is 13.2. The van der Waals surface area contributed by atoms with Gasteiger partial charge in [-0.05, 0) is 57.7 Å². The van der Waals surface area contributed by atoms with Crippen molar-refractivity contribution in [3.8, 4) is 0 Å². The minimum atomic E-state index is -3.30. The number of fused-ring (bicyclic) bond motifs is 1. The summed E-state index contributed by atoms with van der Waals surface area (Å²) in [6, 6.07) is 1.13. The third kappa shape index (κ3) is 6.82. The number of amidine groups is 1. The molecule has 1 aromatic carbocycles. The molecule has 3 aliphatic rings. The Labute approximate surface area is 268 Å². The number of hydrogen-bond donors (Lipinski definition) is 2. The van der Waals surface area contributed by atoms with Crippen LogP contribution in [0.15, 0.2) is 46.0 Å². The molecule has 0 spiro atoms. The highest BCUT2D eigenvalue weighted by Crippen LogP contribution is 2.42. The molecule has 3 aliphatic heterocycles. The van der Waals surface area contributed by atoms with Gasteiger partial charge in [-0.3, -0.25) is 19.5 Å². The van der Waals surface area contributed by atoms with Gasteiger partial charge in [0.15, 0.2) is 10.8 Å². The van der Waals surface area contributed by atoms with Crippen LogP contribution in [0.1, 0.15) is 55.8 Å². The fourth-order valence-corrected chi connectivity index (χ4v) is 6.62. The number of aliphatic carboxylic acids is 1. The highest BCUT2D eigenvalue weighted by atomic mass is 32.1. The van der Waals surface area contributed by atoms with Crippen LogP contribution in [0, 0.1) is 18.2 Å². The van der Waals surface area contributed by atoms with Gasteiger partial charge in [-0.25, -0.2) is 27.3 Å². The first-order valence-electron chi connectivity index (χ1n) is 15.0. The van der Waals surface area contributed by atoms with Crippen LogP contribution in [-0.2, 0) is 19.2 Å². The van der Waals surface area contributed by atoms with Gasteiger partial charge >= 0.3 is 11.9 Å². The molecule has 5 rings (SSSR count). The predicted octanol–water partition coefficient (Wildman–Crippen LogP) is 4.66. The molecule has 2 saturated heterocycles. The number of ether oxygens (including phenoxy) is 1. The van der Waals surface area contributed by atoms with Crippen molar-refractivity contribution < 1.29 is 41.8 Å². The highest BCUT2D eigenvalue weighted by molar-refractivity contribution is 7.11. The summed E-state index contributed by atoms with van der Waals surface area (Å²) in [5.74, 6) is -5.29. The lowest BCUT2D eigenvalue weighted by Gasteiger charge is -2.31. The Kier molecular flexibility index (Phi) is 9.87. The van der Waals surface area contributed by atoms with E-state index < -0.39 is 66.5 Å². The van der Waals surface area contributed by atoms with Crippen LogP contribution in [0.25, 0.3) is 0 Å². The molecular weight excluding hydrogens is 630 g/mol. The Balaban J connectivity index is 1.44. The molecule has 2 aromatic rings. The van der Waals surface area contributed by atoms with Crippen molar-refractivity contribution in [3.63, 3.8) is 0 Å². The van der Waals surface area contributed by atoms with Crippen molar-refractivity contribution in [2.45, 2.75) is 70.8 Å². The molecule has 250 valence electrons. The summed E-state index contributed by atoms with van der Waals surface area (Å²) in [6.45, 7) is 4.77. The van der Waals surface area contributed by atoms with Gasteiger partial charge in [-0.15, -0.1) is 11.3 Å². The summed E-state index contributed by atoms with van der Waals surface area (Å²) in [6.07, 6.45) is -0.119. The van der Waals surface area contributed by atoms with Crippen LogP contribution in [0.4, 0.5) is 17.6 Å². The molecule has 0 amide bonds. The number of likely N-dealkylation sites (tertiary alicyclic amines) is 1. The minimum absolute atomic E-state index is 0.0271. The molecule has 10 nitrogen and oxygen atoms in total. The van der Waals surface area contributed by atoms with Gasteiger partial charge in [0.25, 0.3) is 5.92 Å². The van der Waals surface area contributed by atoms with Gasteiger partial charge in [0, 0.05) is 23.8 Å². The first kappa shape index (κ1) is 33.9. The lowest BCUT2D eigenvalue weighted by molar-refractivity contribution is -0.189. The third-order valence-electron chi connectivity index (χ3n) is 8.66. The van der Waals surface area contributed by atoms with Crippen LogP contribution < -0.4 is 5.32 Å². The van der Waals surface area contributed by atoms with Gasteiger partial charge in [0.05, 0.1) is 43.3 Å². The number of carboxylic acid groups (broad SMARTS) is 1. The number of rotatable bonds is 12. The summed E-state index contributed by atoms with van der Waals surface area (Å²) in [7, 11) is 0. The average molecular weight is 668 g/mol. The number of alkyl halides is 3. The van der Waals surface area contributed by atoms with Crippen LogP contribution in [0.2, 0.25) is 0 Å². The van der Waals surface area contributed by atoms with Gasteiger partial charge < -0.3 is 15.2 Å². The number of carbonyl (C=O) groups excluding carboxylic acids is 1. The monoisotopic (exact) mass is 667 g/mol. The summed E-state index contributed by atoms with van der Waals surface area (Å²) in [5.41, 5.74) is -0.161. The topological polar surface area (TPSA) is 117 Å². The SMILES string of the molecule is CCOC(=O)C1=C(CN2CC(F)(F)[C@@H]3[C@H]2CON3C[C@H](F)CCC(C)(C)C(=O)O)NC(c2nccs2)=N[C@H]1c1cccc(F)c1C. The first-order valence-corrected chi connectivity index (χ1v) is 15.9. The van der Waals surface area contributed by atoms with E-state index in [0.717, 1.165) is 5.06 Å². The van der Waals surface area contributed by atoms with Gasteiger partial charge in [-0.1, -0.05) is 12.1 Å². The highest BCUT2D eigenvalue weighted by Gasteiger charge is 2.61. The van der Waals surface area contributed by atoms with E-state index in [-0.39, 0.29) is 49.4 Å². The molecule has 0 bridgehead atoms. The molecule has 1 aromatic heterocycles. The van der Waals surface area contributed by atoms with Crippen LogP contribution in [-0.4, -0.2) is 94.9 Å². The summed E-state index contributed by atoms with van der Waals surface area (Å²) in [5, 5.41) is 15.7. The number of benzene rings is 1. The van der Waals surface area contributed by atoms with Crippen LogP contribution >= 0.6 is 11.3 Å². The average Bonchev–Trinajstić information content (AvgIpc) is 3.73. The number of nitrogens with zero attached hydrogens (tertiary/aromatic N) is 4. The number of nitrogens with one attached hydrogen (secondary N) is 1. The molecule has 0 unspecified atom stereocenters. The normalized spacial score (nSPS) is 24.0. The number of hydroxylamine groups is 2. The number of aliphatic imine (C=N–C) groups is 1. The van der Waals surface area contributed by atoms with Crippen molar-refractivity contribution in [3.05, 3.63) is 63.0 Å². The van der Waals surface area contributed by atoms with Crippen molar-refractivity contribution in [2.75, 3.05) is 32.8 Å². The summed E-state index contributed by atoms with van der Waals surface area (Å²) < 4.78 is 66.4. The van der Waals surface area contributed by atoms with Gasteiger partial charge in [0.2, 0.25) is 0 Å². The van der Waals surface area contributed by atoms with E-state index in [1.807, 2.05) is 0 Å². The van der Waals surface area contributed by atoms with Crippen molar-refractivity contribution in [2.24, 2.45) is 10.4 Å². The molecule has 2 fully saturated rings. The maximum atomic E-state index is 15.6. The fourth-order valence-electron chi connectivity index (χ4n) is 6.03. The third-order valence-corrected chi connectivity index (χ3v) is 9.44. The molecule has 46 heavy (non-hydrogen) atoms. The Morgan fingerprint density at radius 2 is 2.09 bits per heavy atom. The quantitative estimate of drug-likeness (QED) is 0.246. The fraction of sp³-hybridized carbons (Fsp3) is 0.548. The van der Waals surface area contributed by atoms with Crippen molar-refractivity contribution in [1.29, 1.82) is 0 Å². The number of halogens is 4. The first-order chi connectivity index (χ1) is 21.7. The van der Waals surface area contributed by atoms with E-state index in [9.17, 15) is 23.5 Å². The Bertz CT molecular complexity index is 1520.